The molecule has 1 aromatic rings. The zero-order valence-electron chi connectivity index (χ0n) is 15.1. The van der Waals surface area contributed by atoms with Gasteiger partial charge in [-0.3, -0.25) is 14.3 Å². The molecule has 1 spiro atoms. The fourth-order valence-corrected chi connectivity index (χ4v) is 4.30. The molecule has 2 saturated heterocycles. The van der Waals surface area contributed by atoms with Crippen LogP contribution in [0, 0.1) is 11.8 Å². The zero-order chi connectivity index (χ0) is 18.3. The number of hydrogen-bond donors (Lipinski definition) is 0. The summed E-state index contributed by atoms with van der Waals surface area (Å²) in [6, 6.07) is 1.85. The molecule has 4 rings (SSSR count). The molecule has 0 N–H and O–H groups in total. The Balaban J connectivity index is 1.47. The second-order valence-corrected chi connectivity index (χ2v) is 7.18. The van der Waals surface area contributed by atoms with Crippen LogP contribution in [-0.4, -0.2) is 83.5 Å². The topological polar surface area (TPSA) is 76.9 Å². The second-order valence-electron chi connectivity index (χ2n) is 7.18. The van der Waals surface area contributed by atoms with Gasteiger partial charge >= 0.3 is 0 Å². The molecule has 2 unspecified atom stereocenters. The number of likely N-dealkylation sites (N-methyl/N-ethyl adjacent to an activating group) is 1. The van der Waals surface area contributed by atoms with Crippen LogP contribution in [0.2, 0.25) is 0 Å². The van der Waals surface area contributed by atoms with Gasteiger partial charge in [0.05, 0.1) is 37.6 Å². The van der Waals surface area contributed by atoms with E-state index >= 15 is 0 Å². The lowest BCUT2D eigenvalue weighted by molar-refractivity contribution is -0.142. The molecule has 0 saturated carbocycles. The molecule has 140 valence electrons. The summed E-state index contributed by atoms with van der Waals surface area (Å²) in [6.07, 6.45) is 7.18. The molecule has 26 heavy (non-hydrogen) atoms. The number of rotatable bonds is 7. The van der Waals surface area contributed by atoms with Crippen LogP contribution in [0.3, 0.4) is 0 Å². The van der Waals surface area contributed by atoms with Crippen molar-refractivity contribution in [1.29, 1.82) is 0 Å². The predicted octanol–water partition coefficient (Wildman–Crippen LogP) is -0.230. The second kappa shape index (κ2) is 6.51. The third kappa shape index (κ3) is 2.64. The minimum atomic E-state index is -0.654. The first-order valence-corrected chi connectivity index (χ1v) is 8.93. The van der Waals surface area contributed by atoms with Crippen molar-refractivity contribution in [2.75, 3.05) is 40.4 Å². The van der Waals surface area contributed by atoms with Gasteiger partial charge < -0.3 is 19.3 Å². The standard InChI is InChI=1S/C18H24N4O4/c1-20(8-9-22-7-3-6-19-22)16(23)14-13-4-5-18(26-13)12-21(10-11-25-2)17(24)15(14)18/h3-7,13-15H,8-12H2,1-2H3/t13-,14?,15?,18-/m0/s1. The van der Waals surface area contributed by atoms with Gasteiger partial charge in [0.1, 0.15) is 5.60 Å². The molecule has 0 radical (unpaired) electrons. The van der Waals surface area contributed by atoms with E-state index in [1.54, 1.807) is 34.8 Å². The first kappa shape index (κ1) is 17.2. The van der Waals surface area contributed by atoms with Crippen LogP contribution in [0.25, 0.3) is 0 Å². The van der Waals surface area contributed by atoms with Crippen LogP contribution in [-0.2, 0) is 25.6 Å². The molecule has 2 fully saturated rings. The van der Waals surface area contributed by atoms with E-state index < -0.39 is 17.4 Å². The number of carbonyl (C=O) groups is 2. The van der Waals surface area contributed by atoms with Gasteiger partial charge in [-0.25, -0.2) is 0 Å². The zero-order valence-corrected chi connectivity index (χ0v) is 15.1. The molecule has 1 aromatic heterocycles. The first-order chi connectivity index (χ1) is 12.6. The summed E-state index contributed by atoms with van der Waals surface area (Å²) < 4.78 is 13.0. The van der Waals surface area contributed by atoms with Crippen molar-refractivity contribution in [3.8, 4) is 0 Å². The molecule has 8 heteroatoms. The fraction of sp³-hybridized carbons (Fsp3) is 0.611. The summed E-state index contributed by atoms with van der Waals surface area (Å²) >= 11 is 0. The largest absolute Gasteiger partial charge is 0.383 e. The van der Waals surface area contributed by atoms with Crippen LogP contribution in [0.15, 0.2) is 30.6 Å². The number of carbonyl (C=O) groups excluding carboxylic acids is 2. The Bertz CT molecular complexity index is 719. The van der Waals surface area contributed by atoms with Gasteiger partial charge in [-0.05, 0) is 6.07 Å². The van der Waals surface area contributed by atoms with Gasteiger partial charge in [-0.1, -0.05) is 12.2 Å². The van der Waals surface area contributed by atoms with E-state index in [9.17, 15) is 9.59 Å². The van der Waals surface area contributed by atoms with Crippen LogP contribution in [0.5, 0.6) is 0 Å². The highest BCUT2D eigenvalue weighted by atomic mass is 16.5. The molecular formula is C18H24N4O4. The predicted molar refractivity (Wildman–Crippen MR) is 92.0 cm³/mol. The summed E-state index contributed by atoms with van der Waals surface area (Å²) in [4.78, 5) is 29.5. The van der Waals surface area contributed by atoms with E-state index in [2.05, 4.69) is 5.10 Å². The maximum atomic E-state index is 13.1. The first-order valence-electron chi connectivity index (χ1n) is 8.93. The van der Waals surface area contributed by atoms with Gasteiger partial charge in [0.15, 0.2) is 0 Å². The normalized spacial score (nSPS) is 31.7. The monoisotopic (exact) mass is 360 g/mol. The van der Waals surface area contributed by atoms with E-state index in [4.69, 9.17) is 9.47 Å². The van der Waals surface area contributed by atoms with Gasteiger partial charge in [0.2, 0.25) is 11.8 Å². The van der Waals surface area contributed by atoms with Gasteiger partial charge in [0, 0.05) is 39.6 Å². The lowest BCUT2D eigenvalue weighted by Crippen LogP contribution is -2.45. The van der Waals surface area contributed by atoms with Gasteiger partial charge in [-0.2, -0.15) is 5.10 Å². The van der Waals surface area contributed by atoms with Crippen LogP contribution >= 0.6 is 0 Å². The number of fused-ring (bicyclic) bond motifs is 1. The number of amides is 2. The number of likely N-dealkylation sites (tertiary alicyclic amines) is 1. The summed E-state index contributed by atoms with van der Waals surface area (Å²) in [5, 5.41) is 4.16. The van der Waals surface area contributed by atoms with E-state index in [1.165, 1.54) is 0 Å². The van der Waals surface area contributed by atoms with Gasteiger partial charge in [0.25, 0.3) is 0 Å². The van der Waals surface area contributed by atoms with Gasteiger partial charge in [-0.15, -0.1) is 0 Å². The van der Waals surface area contributed by atoms with Crippen molar-refractivity contribution in [2.45, 2.75) is 18.2 Å². The summed E-state index contributed by atoms with van der Waals surface area (Å²) in [5.41, 5.74) is -0.654. The number of hydrogen-bond acceptors (Lipinski definition) is 5. The van der Waals surface area contributed by atoms with Crippen molar-refractivity contribution in [3.05, 3.63) is 30.6 Å². The lowest BCUT2D eigenvalue weighted by atomic mass is 9.76. The minimum Gasteiger partial charge on any atom is -0.383 e. The minimum absolute atomic E-state index is 0.00673. The molecule has 3 aliphatic heterocycles. The van der Waals surface area contributed by atoms with E-state index in [0.717, 1.165) is 0 Å². The third-order valence-electron chi connectivity index (χ3n) is 5.63. The number of methoxy groups -OCH3 is 1. The fourth-order valence-electron chi connectivity index (χ4n) is 4.30. The average Bonchev–Trinajstić information content (AvgIpc) is 3.39. The maximum Gasteiger partial charge on any atom is 0.230 e. The van der Waals surface area contributed by atoms with Crippen molar-refractivity contribution in [1.82, 2.24) is 19.6 Å². The highest BCUT2D eigenvalue weighted by molar-refractivity contribution is 5.93. The maximum absolute atomic E-state index is 13.1. The molecule has 2 amide bonds. The summed E-state index contributed by atoms with van der Waals surface area (Å²) in [5.74, 6) is -0.940. The Hall–Kier alpha value is -2.19. The van der Waals surface area contributed by atoms with Crippen molar-refractivity contribution in [2.24, 2.45) is 11.8 Å². The third-order valence-corrected chi connectivity index (χ3v) is 5.63. The molecule has 2 bridgehead atoms. The van der Waals surface area contributed by atoms with Crippen molar-refractivity contribution < 1.29 is 19.1 Å². The highest BCUT2D eigenvalue weighted by Gasteiger charge is 2.66. The number of ether oxygens (including phenoxy) is 2. The average molecular weight is 360 g/mol. The molecule has 3 aliphatic rings. The van der Waals surface area contributed by atoms with E-state index in [-0.39, 0.29) is 17.9 Å². The molecule has 0 aliphatic carbocycles. The SMILES string of the molecule is COCCN1C[C@]23C=C[C@H](O2)C(C(=O)N(C)CCn2cccn2)C3C1=O. The Labute approximate surface area is 152 Å². The van der Waals surface area contributed by atoms with Crippen LogP contribution < -0.4 is 0 Å². The Morgan fingerprint density at radius 2 is 2.35 bits per heavy atom. The summed E-state index contributed by atoms with van der Waals surface area (Å²) in [7, 11) is 3.39. The van der Waals surface area contributed by atoms with E-state index in [0.29, 0.717) is 32.8 Å². The number of aromatic nitrogens is 2. The summed E-state index contributed by atoms with van der Waals surface area (Å²) in [6.45, 7) is 2.64. The Morgan fingerprint density at radius 1 is 1.50 bits per heavy atom. The van der Waals surface area contributed by atoms with Crippen molar-refractivity contribution in [3.63, 3.8) is 0 Å². The quantitative estimate of drug-likeness (QED) is 0.628. The molecule has 4 atom stereocenters. The number of nitrogens with zero attached hydrogens (tertiary/aromatic N) is 4. The molecular weight excluding hydrogens is 336 g/mol. The Kier molecular flexibility index (Phi) is 4.32. The van der Waals surface area contributed by atoms with Crippen molar-refractivity contribution >= 4 is 11.8 Å². The lowest BCUT2D eigenvalue weighted by Gasteiger charge is -2.27. The Morgan fingerprint density at radius 3 is 3.08 bits per heavy atom. The van der Waals surface area contributed by atoms with Crippen LogP contribution in [0.1, 0.15) is 0 Å². The highest BCUT2D eigenvalue weighted by Crippen LogP contribution is 2.52. The van der Waals surface area contributed by atoms with Crippen LogP contribution in [0.4, 0.5) is 0 Å². The molecule has 0 aromatic carbocycles. The smallest absolute Gasteiger partial charge is 0.230 e. The molecule has 8 nitrogen and oxygen atoms in total. The van der Waals surface area contributed by atoms with E-state index in [1.807, 2.05) is 24.4 Å². The molecule has 4 heterocycles.